The van der Waals surface area contributed by atoms with Crippen LogP contribution in [0.25, 0.3) is 11.3 Å². The minimum atomic E-state index is 0.0344. The predicted molar refractivity (Wildman–Crippen MR) is 104 cm³/mol. The molecule has 2 aliphatic heterocycles. The third-order valence-corrected chi connectivity index (χ3v) is 5.78. The van der Waals surface area contributed by atoms with Gasteiger partial charge in [0, 0.05) is 56.0 Å². The number of fused-ring (bicyclic) bond motifs is 4. The molecule has 4 heterocycles. The Morgan fingerprint density at radius 1 is 1.26 bits per heavy atom. The average Bonchev–Trinajstić information content (AvgIpc) is 2.64. The summed E-state index contributed by atoms with van der Waals surface area (Å²) in [6.07, 6.45) is 4.81. The number of hydrogen-bond donors (Lipinski definition) is 0. The summed E-state index contributed by atoms with van der Waals surface area (Å²) in [5, 5.41) is 0. The van der Waals surface area contributed by atoms with Crippen LogP contribution in [0.4, 0.5) is 0 Å². The molecule has 0 aromatic carbocycles. The first-order valence-corrected chi connectivity index (χ1v) is 9.79. The molecule has 1 saturated heterocycles. The molecule has 2 aliphatic rings. The first-order valence-electron chi connectivity index (χ1n) is 9.79. The predicted octanol–water partition coefficient (Wildman–Crippen LogP) is 2.53. The highest BCUT2D eigenvalue weighted by Crippen LogP contribution is 2.36. The maximum Gasteiger partial charge on any atom is 0.251 e. The fourth-order valence-electron chi connectivity index (χ4n) is 4.55. The quantitative estimate of drug-likeness (QED) is 0.837. The van der Waals surface area contributed by atoms with E-state index in [1.54, 1.807) is 13.0 Å². The van der Waals surface area contributed by atoms with Gasteiger partial charge >= 0.3 is 0 Å². The lowest BCUT2D eigenvalue weighted by molar-refractivity contribution is -0.131. The molecular formula is C21H26N4O2. The van der Waals surface area contributed by atoms with E-state index in [-0.39, 0.29) is 17.4 Å². The number of likely N-dealkylation sites (tertiary alicyclic amines) is 1. The van der Waals surface area contributed by atoms with Gasteiger partial charge < -0.3 is 9.47 Å². The van der Waals surface area contributed by atoms with E-state index in [9.17, 15) is 9.59 Å². The van der Waals surface area contributed by atoms with Crippen LogP contribution in [0.2, 0.25) is 0 Å². The molecular weight excluding hydrogens is 340 g/mol. The average molecular weight is 366 g/mol. The van der Waals surface area contributed by atoms with Gasteiger partial charge in [-0.15, -0.1) is 0 Å². The van der Waals surface area contributed by atoms with E-state index in [2.05, 4.69) is 23.0 Å². The van der Waals surface area contributed by atoms with Gasteiger partial charge in [0.2, 0.25) is 5.91 Å². The summed E-state index contributed by atoms with van der Waals surface area (Å²) in [5.41, 5.74) is 3.89. The van der Waals surface area contributed by atoms with E-state index >= 15 is 0 Å². The van der Waals surface area contributed by atoms with Crippen LogP contribution >= 0.6 is 0 Å². The Balaban J connectivity index is 1.81. The summed E-state index contributed by atoms with van der Waals surface area (Å²) in [4.78, 5) is 35.7. The fourth-order valence-corrected chi connectivity index (χ4v) is 4.55. The highest BCUT2D eigenvalue weighted by atomic mass is 16.2. The Morgan fingerprint density at radius 2 is 2.07 bits per heavy atom. The van der Waals surface area contributed by atoms with Gasteiger partial charge in [-0.05, 0) is 37.3 Å². The second-order valence-electron chi connectivity index (χ2n) is 7.88. The Labute approximate surface area is 159 Å². The van der Waals surface area contributed by atoms with Crippen LogP contribution in [-0.4, -0.2) is 38.4 Å². The van der Waals surface area contributed by atoms with Crippen molar-refractivity contribution in [1.29, 1.82) is 0 Å². The van der Waals surface area contributed by atoms with Crippen LogP contribution in [0.1, 0.15) is 49.7 Å². The van der Waals surface area contributed by atoms with Crippen LogP contribution in [0.15, 0.2) is 23.1 Å². The van der Waals surface area contributed by atoms with Gasteiger partial charge in [0.05, 0.1) is 5.69 Å². The van der Waals surface area contributed by atoms with Crippen molar-refractivity contribution in [2.45, 2.75) is 52.5 Å². The second-order valence-corrected chi connectivity index (χ2v) is 7.88. The lowest BCUT2D eigenvalue weighted by atomic mass is 9.82. The summed E-state index contributed by atoms with van der Waals surface area (Å²) >= 11 is 0. The van der Waals surface area contributed by atoms with Crippen LogP contribution in [-0.2, 0) is 17.8 Å². The highest BCUT2D eigenvalue weighted by Gasteiger charge is 2.35. The monoisotopic (exact) mass is 366 g/mol. The Hall–Kier alpha value is -2.50. The smallest absolute Gasteiger partial charge is 0.251 e. The number of carbonyl (C=O) groups excluding carboxylic acids is 1. The molecule has 0 radical (unpaired) electrons. The standard InChI is InChI=1S/C21H26N4O2/c1-4-5-16-9-22-13(2)23-21(16)17-7-19-18-6-15(10-24(12-18)14(3)26)11-25(19)20(27)8-17/h7-9,15,18H,4-6,10-12H2,1-3H3/t15-,18+/m0/s1. The molecule has 1 fully saturated rings. The molecule has 1 amide bonds. The molecule has 6 nitrogen and oxygen atoms in total. The van der Waals surface area contributed by atoms with Gasteiger partial charge in [-0.25, -0.2) is 9.97 Å². The van der Waals surface area contributed by atoms with Crippen molar-refractivity contribution >= 4 is 5.91 Å². The van der Waals surface area contributed by atoms with Gasteiger partial charge in [0.1, 0.15) is 5.82 Å². The fraction of sp³-hybridized carbons (Fsp3) is 0.524. The topological polar surface area (TPSA) is 68.1 Å². The Bertz CT molecular complexity index is 950. The van der Waals surface area contributed by atoms with E-state index in [4.69, 9.17) is 0 Å². The van der Waals surface area contributed by atoms with Gasteiger partial charge in [-0.3, -0.25) is 9.59 Å². The molecule has 0 spiro atoms. The lowest BCUT2D eigenvalue weighted by Gasteiger charge is -2.42. The van der Waals surface area contributed by atoms with E-state index < -0.39 is 0 Å². The summed E-state index contributed by atoms with van der Waals surface area (Å²) < 4.78 is 1.91. The molecule has 2 atom stereocenters. The van der Waals surface area contributed by atoms with Gasteiger partial charge in [-0.1, -0.05) is 13.3 Å². The zero-order valence-electron chi connectivity index (χ0n) is 16.2. The molecule has 0 aliphatic carbocycles. The summed E-state index contributed by atoms with van der Waals surface area (Å²) in [6.45, 7) is 7.78. The van der Waals surface area contributed by atoms with Gasteiger partial charge in [0.25, 0.3) is 5.56 Å². The molecule has 4 rings (SSSR count). The summed E-state index contributed by atoms with van der Waals surface area (Å²) in [7, 11) is 0. The van der Waals surface area contributed by atoms with Crippen molar-refractivity contribution in [3.63, 3.8) is 0 Å². The number of aromatic nitrogens is 3. The van der Waals surface area contributed by atoms with Crippen LogP contribution in [0.3, 0.4) is 0 Å². The summed E-state index contributed by atoms with van der Waals surface area (Å²) in [5.74, 6) is 1.41. The Morgan fingerprint density at radius 3 is 2.81 bits per heavy atom. The molecule has 0 saturated carbocycles. The number of carbonyl (C=O) groups is 1. The maximum atomic E-state index is 12.9. The minimum absolute atomic E-state index is 0.0344. The van der Waals surface area contributed by atoms with E-state index in [1.165, 1.54) is 0 Å². The second kappa shape index (κ2) is 6.91. The third kappa shape index (κ3) is 3.29. The number of hydrogen-bond acceptors (Lipinski definition) is 4. The number of aryl methyl sites for hydroxylation is 2. The number of pyridine rings is 1. The lowest BCUT2D eigenvalue weighted by Crippen LogP contribution is -2.48. The van der Waals surface area contributed by atoms with Crippen LogP contribution in [0.5, 0.6) is 0 Å². The molecule has 2 aromatic heterocycles. The SMILES string of the molecule is CCCc1cnc(C)nc1-c1cc2n(c(=O)c1)C[C@H]1C[C@@H]2CN(C(C)=O)C1. The third-order valence-electron chi connectivity index (χ3n) is 5.78. The van der Waals surface area contributed by atoms with Crippen LogP contribution < -0.4 is 5.56 Å². The number of rotatable bonds is 3. The Kier molecular flexibility index (Phi) is 4.58. The molecule has 27 heavy (non-hydrogen) atoms. The minimum Gasteiger partial charge on any atom is -0.342 e. The molecule has 0 unspecified atom stereocenters. The normalized spacial score (nSPS) is 21.1. The van der Waals surface area contributed by atoms with Crippen molar-refractivity contribution in [2.24, 2.45) is 5.92 Å². The van der Waals surface area contributed by atoms with Crippen LogP contribution in [0, 0.1) is 12.8 Å². The van der Waals surface area contributed by atoms with Crippen molar-refractivity contribution < 1.29 is 4.79 Å². The van der Waals surface area contributed by atoms with Crippen molar-refractivity contribution in [1.82, 2.24) is 19.4 Å². The number of nitrogens with zero attached hydrogens (tertiary/aromatic N) is 4. The van der Waals surface area contributed by atoms with Gasteiger partial charge in [-0.2, -0.15) is 0 Å². The van der Waals surface area contributed by atoms with Crippen molar-refractivity contribution in [2.75, 3.05) is 13.1 Å². The van der Waals surface area contributed by atoms with E-state index in [0.717, 1.165) is 48.3 Å². The number of piperidine rings is 1. The highest BCUT2D eigenvalue weighted by molar-refractivity contribution is 5.73. The molecule has 0 N–H and O–H groups in total. The molecule has 142 valence electrons. The molecule has 2 aromatic rings. The summed E-state index contributed by atoms with van der Waals surface area (Å²) in [6, 6.07) is 3.83. The molecule has 2 bridgehead atoms. The first kappa shape index (κ1) is 17.9. The zero-order chi connectivity index (χ0) is 19.1. The van der Waals surface area contributed by atoms with Crippen molar-refractivity contribution in [3.8, 4) is 11.3 Å². The largest absolute Gasteiger partial charge is 0.342 e. The van der Waals surface area contributed by atoms with Crippen molar-refractivity contribution in [3.05, 3.63) is 45.8 Å². The number of amides is 1. The zero-order valence-corrected chi connectivity index (χ0v) is 16.2. The first-order chi connectivity index (χ1) is 13.0. The van der Waals surface area contributed by atoms with E-state index in [0.29, 0.717) is 24.8 Å². The van der Waals surface area contributed by atoms with Gasteiger partial charge in [0.15, 0.2) is 0 Å². The molecule has 6 heteroatoms. The van der Waals surface area contributed by atoms with E-state index in [1.807, 2.05) is 22.6 Å². The maximum absolute atomic E-state index is 12.9.